The average molecular weight is 402 g/mol. The van der Waals surface area contributed by atoms with Gasteiger partial charge in [-0.15, -0.1) is 0 Å². The van der Waals surface area contributed by atoms with Gasteiger partial charge >= 0.3 is 12.1 Å². The molecule has 0 aromatic rings. The quantitative estimate of drug-likeness (QED) is 0.248. The highest BCUT2D eigenvalue weighted by Crippen LogP contribution is 2.14. The summed E-state index contributed by atoms with van der Waals surface area (Å²) in [5.74, 6) is -0.0843. The van der Waals surface area contributed by atoms with Crippen LogP contribution in [0.5, 0.6) is 0 Å². The van der Waals surface area contributed by atoms with Gasteiger partial charge in [0.1, 0.15) is 12.6 Å². The number of amides is 1. The maximum atomic E-state index is 12.5. The first-order valence-electron chi connectivity index (χ1n) is 11.0. The number of hydrogen-bond donors (Lipinski definition) is 0. The van der Waals surface area contributed by atoms with Crippen LogP contribution >= 0.6 is 0 Å². The number of nitrogens with zero attached hydrogens (tertiary/aromatic N) is 1. The fourth-order valence-corrected chi connectivity index (χ4v) is 2.98. The van der Waals surface area contributed by atoms with E-state index in [9.17, 15) is 9.59 Å². The number of hydrogen-bond acceptors (Lipinski definition) is 5. The number of unbranched alkanes of at least 4 members (excludes halogenated alkanes) is 8. The molecule has 166 valence electrons. The molecule has 28 heavy (non-hydrogen) atoms. The summed E-state index contributed by atoms with van der Waals surface area (Å²) < 4.78 is 15.4. The lowest BCUT2D eigenvalue weighted by molar-refractivity contribution is -0.149. The van der Waals surface area contributed by atoms with Crippen molar-refractivity contribution in [1.82, 2.24) is 4.90 Å². The molecule has 0 N–H and O–H groups in total. The monoisotopic (exact) mass is 401 g/mol. The van der Waals surface area contributed by atoms with Crippen LogP contribution in [0.1, 0.15) is 85.0 Å². The molecule has 6 nitrogen and oxygen atoms in total. The molecule has 1 unspecified atom stereocenters. The molecular weight excluding hydrogens is 358 g/mol. The zero-order valence-corrected chi connectivity index (χ0v) is 18.8. The third kappa shape index (κ3) is 13.8. The first kappa shape index (κ1) is 26.7. The van der Waals surface area contributed by atoms with Crippen molar-refractivity contribution in [3.63, 3.8) is 0 Å². The third-order valence-electron chi connectivity index (χ3n) is 4.73. The van der Waals surface area contributed by atoms with Crippen molar-refractivity contribution in [2.45, 2.75) is 91.0 Å². The molecule has 0 aromatic heterocycles. The van der Waals surface area contributed by atoms with Crippen LogP contribution in [-0.4, -0.2) is 57.0 Å². The van der Waals surface area contributed by atoms with Crippen molar-refractivity contribution in [2.75, 3.05) is 34.0 Å². The Bertz CT molecular complexity index is 400. The predicted molar refractivity (Wildman–Crippen MR) is 112 cm³/mol. The number of ether oxygens (including phenoxy) is 3. The second kappa shape index (κ2) is 17.8. The van der Waals surface area contributed by atoms with Crippen molar-refractivity contribution in [3.8, 4) is 0 Å². The number of esters is 1. The maximum absolute atomic E-state index is 12.5. The fourth-order valence-electron chi connectivity index (χ4n) is 2.98. The summed E-state index contributed by atoms with van der Waals surface area (Å²) in [6.45, 7) is 7.18. The first-order valence-corrected chi connectivity index (χ1v) is 11.0. The van der Waals surface area contributed by atoms with Crippen LogP contribution in [0.3, 0.4) is 0 Å². The summed E-state index contributed by atoms with van der Waals surface area (Å²) in [7, 11) is 3.13. The highest BCUT2D eigenvalue weighted by Gasteiger charge is 2.29. The second-order valence-corrected chi connectivity index (χ2v) is 7.86. The lowest BCUT2D eigenvalue weighted by Gasteiger charge is -2.27. The number of likely N-dealkylation sites (N-methyl/N-ethyl adjacent to an activating group) is 1. The van der Waals surface area contributed by atoms with Gasteiger partial charge in [0.15, 0.2) is 0 Å². The van der Waals surface area contributed by atoms with Crippen molar-refractivity contribution in [2.24, 2.45) is 5.92 Å². The first-order chi connectivity index (χ1) is 13.4. The molecule has 1 atom stereocenters. The van der Waals surface area contributed by atoms with Crippen molar-refractivity contribution >= 4 is 12.1 Å². The molecule has 1 amide bonds. The summed E-state index contributed by atoms with van der Waals surface area (Å²) >= 11 is 0. The number of carbonyl (C=O) groups excluding carboxylic acids is 2. The molecule has 0 aliphatic carbocycles. The predicted octanol–water partition coefficient (Wildman–Crippen LogP) is 5.19. The molecule has 6 heteroatoms. The van der Waals surface area contributed by atoms with Gasteiger partial charge in [-0.1, -0.05) is 72.1 Å². The van der Waals surface area contributed by atoms with Crippen LogP contribution < -0.4 is 0 Å². The van der Waals surface area contributed by atoms with E-state index in [1.54, 1.807) is 14.2 Å². The van der Waals surface area contributed by atoms with Crippen molar-refractivity contribution in [1.29, 1.82) is 0 Å². The lowest BCUT2D eigenvalue weighted by atomic mass is 10.0. The summed E-state index contributed by atoms with van der Waals surface area (Å²) in [5, 5.41) is 0. The Morgan fingerprint density at radius 1 is 0.821 bits per heavy atom. The van der Waals surface area contributed by atoms with Gasteiger partial charge in [-0.05, 0) is 18.8 Å². The molecule has 0 saturated heterocycles. The standard InChI is InChI=1S/C22H43NO5/c1-6-7-8-9-10-11-12-13-14-15-27-21(24)20(18-19(2)3)23(4)22(25)28-17-16-26-5/h19-20H,6-18H2,1-5H3. The molecule has 0 aliphatic heterocycles. The van der Waals surface area contributed by atoms with Gasteiger partial charge in [0, 0.05) is 14.2 Å². The molecule has 0 saturated carbocycles. The van der Waals surface area contributed by atoms with E-state index in [1.165, 1.54) is 49.8 Å². The Kier molecular flexibility index (Phi) is 16.9. The third-order valence-corrected chi connectivity index (χ3v) is 4.73. The van der Waals surface area contributed by atoms with Crippen LogP contribution in [0.4, 0.5) is 4.79 Å². The normalized spacial score (nSPS) is 12.1. The summed E-state index contributed by atoms with van der Waals surface area (Å²) in [5.41, 5.74) is 0. The van der Waals surface area contributed by atoms with Crippen molar-refractivity contribution in [3.05, 3.63) is 0 Å². The summed E-state index contributed by atoms with van der Waals surface area (Å²) in [4.78, 5) is 26.0. The molecule has 0 heterocycles. The number of rotatable bonds is 17. The lowest BCUT2D eigenvalue weighted by Crippen LogP contribution is -2.44. The van der Waals surface area contributed by atoms with E-state index in [0.717, 1.165) is 12.8 Å². The van der Waals surface area contributed by atoms with Crippen LogP contribution in [0.2, 0.25) is 0 Å². The molecule has 0 aliphatic rings. The van der Waals surface area contributed by atoms with Gasteiger partial charge in [-0.3, -0.25) is 4.90 Å². The number of carbonyl (C=O) groups is 2. The molecular formula is C22H43NO5. The van der Waals surface area contributed by atoms with Gasteiger partial charge in [-0.25, -0.2) is 9.59 Å². The smallest absolute Gasteiger partial charge is 0.410 e. The van der Waals surface area contributed by atoms with Gasteiger partial charge in [-0.2, -0.15) is 0 Å². The topological polar surface area (TPSA) is 65.1 Å². The Morgan fingerprint density at radius 3 is 1.93 bits per heavy atom. The van der Waals surface area contributed by atoms with Gasteiger partial charge in [0.25, 0.3) is 0 Å². The van der Waals surface area contributed by atoms with E-state index >= 15 is 0 Å². The Balaban J connectivity index is 4.13. The minimum Gasteiger partial charge on any atom is -0.464 e. The maximum Gasteiger partial charge on any atom is 0.410 e. The summed E-state index contributed by atoms with van der Waals surface area (Å²) in [6.07, 6.45) is 11.0. The van der Waals surface area contributed by atoms with E-state index in [1.807, 2.05) is 13.8 Å². The average Bonchev–Trinajstić information content (AvgIpc) is 2.66. The van der Waals surface area contributed by atoms with E-state index in [0.29, 0.717) is 19.6 Å². The zero-order valence-electron chi connectivity index (χ0n) is 18.8. The molecule has 0 bridgehead atoms. The van der Waals surface area contributed by atoms with E-state index in [4.69, 9.17) is 14.2 Å². The van der Waals surface area contributed by atoms with E-state index in [2.05, 4.69) is 6.92 Å². The SMILES string of the molecule is CCCCCCCCCCCOC(=O)C(CC(C)C)N(C)C(=O)OCCOC. The van der Waals surface area contributed by atoms with Gasteiger partial charge in [0.05, 0.1) is 13.2 Å². The van der Waals surface area contributed by atoms with Gasteiger partial charge in [0.2, 0.25) is 0 Å². The highest BCUT2D eigenvalue weighted by molar-refractivity contribution is 5.81. The molecule has 0 rings (SSSR count). The largest absolute Gasteiger partial charge is 0.464 e. The highest BCUT2D eigenvalue weighted by atomic mass is 16.6. The molecule has 0 fully saturated rings. The van der Waals surface area contributed by atoms with E-state index in [-0.39, 0.29) is 18.5 Å². The van der Waals surface area contributed by atoms with Crippen LogP contribution in [0, 0.1) is 5.92 Å². The van der Waals surface area contributed by atoms with Crippen LogP contribution in [0.25, 0.3) is 0 Å². The minimum absolute atomic E-state index is 0.168. The molecule has 0 radical (unpaired) electrons. The zero-order chi connectivity index (χ0) is 21.2. The van der Waals surface area contributed by atoms with Gasteiger partial charge < -0.3 is 14.2 Å². The second-order valence-electron chi connectivity index (χ2n) is 7.86. The van der Waals surface area contributed by atoms with E-state index < -0.39 is 12.1 Å². The van der Waals surface area contributed by atoms with Crippen molar-refractivity contribution < 1.29 is 23.8 Å². The Morgan fingerprint density at radius 2 is 1.39 bits per heavy atom. The fraction of sp³-hybridized carbons (Fsp3) is 0.909. The van der Waals surface area contributed by atoms with Crippen LogP contribution in [0.15, 0.2) is 0 Å². The Hall–Kier alpha value is -1.30. The molecule has 0 spiro atoms. The molecule has 0 aromatic carbocycles. The minimum atomic E-state index is -0.617. The number of methoxy groups -OCH3 is 1. The summed E-state index contributed by atoms with van der Waals surface area (Å²) in [6, 6.07) is -0.617. The Labute approximate surface area is 172 Å². The van der Waals surface area contributed by atoms with Crippen LogP contribution in [-0.2, 0) is 19.0 Å².